The fraction of sp³-hybridized carbons (Fsp3) is 0.467. The summed E-state index contributed by atoms with van der Waals surface area (Å²) in [6, 6.07) is 4.26. The molecule has 1 aromatic rings. The van der Waals surface area contributed by atoms with E-state index in [-0.39, 0.29) is 12.3 Å². The second-order valence-electron chi connectivity index (χ2n) is 5.02. The predicted molar refractivity (Wildman–Crippen MR) is 87.4 cm³/mol. The molecule has 0 heterocycles. The molecular weight excluding hydrogens is 306 g/mol. The number of rotatable bonds is 9. The lowest BCUT2D eigenvalue weighted by atomic mass is 10.1. The highest BCUT2D eigenvalue weighted by molar-refractivity contribution is 6.31. The Bertz CT molecular complexity index is 523. The van der Waals surface area contributed by atoms with Crippen LogP contribution in [-0.4, -0.2) is 43.2 Å². The second kappa shape index (κ2) is 9.40. The Morgan fingerprint density at radius 2 is 2.05 bits per heavy atom. The first-order chi connectivity index (χ1) is 10.4. The van der Waals surface area contributed by atoms with Crippen molar-refractivity contribution in [2.24, 2.45) is 0 Å². The van der Waals surface area contributed by atoms with Crippen molar-refractivity contribution >= 4 is 29.2 Å². The van der Waals surface area contributed by atoms with Gasteiger partial charge in [-0.15, -0.1) is 0 Å². The van der Waals surface area contributed by atoms with Crippen molar-refractivity contribution in [2.45, 2.75) is 25.8 Å². The zero-order valence-corrected chi connectivity index (χ0v) is 13.5. The van der Waals surface area contributed by atoms with Gasteiger partial charge in [0.25, 0.3) is 0 Å². The quantitative estimate of drug-likeness (QED) is 0.518. The molecule has 0 fully saturated rings. The number of carboxylic acids is 1. The van der Waals surface area contributed by atoms with Crippen LogP contribution in [-0.2, 0) is 9.59 Å². The van der Waals surface area contributed by atoms with Crippen LogP contribution in [0.5, 0.6) is 0 Å². The van der Waals surface area contributed by atoms with Crippen LogP contribution in [0.15, 0.2) is 18.2 Å². The Morgan fingerprint density at radius 1 is 1.32 bits per heavy atom. The van der Waals surface area contributed by atoms with Crippen molar-refractivity contribution in [3.63, 3.8) is 0 Å². The van der Waals surface area contributed by atoms with E-state index in [4.69, 9.17) is 16.7 Å². The first-order valence-electron chi connectivity index (χ1n) is 7.11. The van der Waals surface area contributed by atoms with Crippen LogP contribution >= 0.6 is 11.6 Å². The van der Waals surface area contributed by atoms with Gasteiger partial charge in [0, 0.05) is 10.7 Å². The molecular formula is C15H22ClN3O3. The molecule has 1 aromatic carbocycles. The van der Waals surface area contributed by atoms with Crippen molar-refractivity contribution in [3.05, 3.63) is 28.8 Å². The van der Waals surface area contributed by atoms with E-state index in [0.717, 1.165) is 18.5 Å². The molecule has 0 aliphatic carbocycles. The molecule has 4 N–H and O–H groups in total. The van der Waals surface area contributed by atoms with Crippen molar-refractivity contribution in [1.82, 2.24) is 10.6 Å². The van der Waals surface area contributed by atoms with Crippen molar-refractivity contribution in [2.75, 3.05) is 25.5 Å². The van der Waals surface area contributed by atoms with E-state index in [1.807, 2.05) is 14.0 Å². The van der Waals surface area contributed by atoms with Crippen LogP contribution in [0.1, 0.15) is 18.4 Å². The third-order valence-electron chi connectivity index (χ3n) is 3.14. The Hall–Kier alpha value is -1.63. The van der Waals surface area contributed by atoms with Gasteiger partial charge in [-0.1, -0.05) is 17.7 Å². The molecule has 0 spiro atoms. The topological polar surface area (TPSA) is 90.5 Å². The highest BCUT2D eigenvalue weighted by Crippen LogP contribution is 2.20. The number of carbonyl (C=O) groups is 2. The maximum Gasteiger partial charge on any atom is 0.321 e. The van der Waals surface area contributed by atoms with Gasteiger partial charge in [-0.05, 0) is 51.2 Å². The fourth-order valence-corrected chi connectivity index (χ4v) is 2.04. The maximum absolute atomic E-state index is 11.9. The highest BCUT2D eigenvalue weighted by atomic mass is 35.5. The number of hydrogen-bond donors (Lipinski definition) is 4. The van der Waals surface area contributed by atoms with Gasteiger partial charge in [-0.3, -0.25) is 9.59 Å². The van der Waals surface area contributed by atoms with Crippen molar-refractivity contribution in [3.8, 4) is 0 Å². The molecule has 0 aromatic heterocycles. The van der Waals surface area contributed by atoms with Crippen LogP contribution in [0.2, 0.25) is 5.02 Å². The number of carbonyl (C=O) groups excluding carboxylic acids is 1. The molecule has 0 saturated heterocycles. The third kappa shape index (κ3) is 6.43. The number of anilines is 1. The Labute approximate surface area is 135 Å². The standard InChI is InChI=1S/C15H22ClN3O3/c1-10-4-5-11(8-12(10)16)19-14(20)9-13(15(21)22)18-7-3-6-17-2/h4-5,8,13,17-18H,3,6-7,9H2,1-2H3,(H,19,20)(H,21,22)/t13-/m0/s1. The van der Waals surface area contributed by atoms with Crippen LogP contribution in [0, 0.1) is 6.92 Å². The van der Waals surface area contributed by atoms with E-state index in [1.54, 1.807) is 18.2 Å². The van der Waals surface area contributed by atoms with Crippen molar-refractivity contribution < 1.29 is 14.7 Å². The average molecular weight is 328 g/mol. The first-order valence-corrected chi connectivity index (χ1v) is 7.48. The monoisotopic (exact) mass is 327 g/mol. The normalized spacial score (nSPS) is 12.0. The molecule has 0 radical (unpaired) electrons. The summed E-state index contributed by atoms with van der Waals surface area (Å²) in [6.45, 7) is 3.18. The smallest absolute Gasteiger partial charge is 0.321 e. The summed E-state index contributed by atoms with van der Waals surface area (Å²) >= 11 is 5.99. The lowest BCUT2D eigenvalue weighted by Gasteiger charge is -2.14. The molecule has 0 aliphatic rings. The van der Waals surface area contributed by atoms with Gasteiger partial charge in [0.05, 0.1) is 6.42 Å². The molecule has 0 unspecified atom stereocenters. The molecule has 1 rings (SSSR count). The zero-order valence-electron chi connectivity index (χ0n) is 12.8. The summed E-state index contributed by atoms with van der Waals surface area (Å²) < 4.78 is 0. The summed E-state index contributed by atoms with van der Waals surface area (Å²) in [5.74, 6) is -1.41. The molecule has 0 aliphatic heterocycles. The highest BCUT2D eigenvalue weighted by Gasteiger charge is 2.20. The van der Waals surface area contributed by atoms with E-state index in [1.165, 1.54) is 0 Å². The van der Waals surface area contributed by atoms with Gasteiger partial charge >= 0.3 is 5.97 Å². The second-order valence-corrected chi connectivity index (χ2v) is 5.43. The van der Waals surface area contributed by atoms with Gasteiger partial charge in [0.15, 0.2) is 0 Å². The van der Waals surface area contributed by atoms with E-state index in [9.17, 15) is 9.59 Å². The van der Waals surface area contributed by atoms with Crippen LogP contribution in [0.25, 0.3) is 0 Å². The Morgan fingerprint density at radius 3 is 2.64 bits per heavy atom. The molecule has 22 heavy (non-hydrogen) atoms. The number of benzene rings is 1. The lowest BCUT2D eigenvalue weighted by Crippen LogP contribution is -2.40. The maximum atomic E-state index is 11.9. The van der Waals surface area contributed by atoms with E-state index < -0.39 is 12.0 Å². The van der Waals surface area contributed by atoms with Gasteiger partial charge in [0.2, 0.25) is 5.91 Å². The number of hydrogen-bond acceptors (Lipinski definition) is 4. The van der Waals surface area contributed by atoms with Crippen molar-refractivity contribution in [1.29, 1.82) is 0 Å². The predicted octanol–water partition coefficient (Wildman–Crippen LogP) is 1.63. The summed E-state index contributed by atoms with van der Waals surface area (Å²) in [4.78, 5) is 23.1. The summed E-state index contributed by atoms with van der Waals surface area (Å²) in [5.41, 5.74) is 1.47. The number of amides is 1. The lowest BCUT2D eigenvalue weighted by molar-refractivity contribution is -0.141. The minimum Gasteiger partial charge on any atom is -0.480 e. The first kappa shape index (κ1) is 18.4. The number of aryl methyl sites for hydroxylation is 1. The summed E-state index contributed by atoms with van der Waals surface area (Å²) in [7, 11) is 1.83. The van der Waals surface area contributed by atoms with Crippen LogP contribution in [0.3, 0.4) is 0 Å². The van der Waals surface area contributed by atoms with Gasteiger partial charge in [-0.2, -0.15) is 0 Å². The SMILES string of the molecule is CNCCCN[C@@H](CC(=O)Nc1ccc(C)c(Cl)c1)C(=O)O. The largest absolute Gasteiger partial charge is 0.480 e. The molecule has 7 heteroatoms. The van der Waals surface area contributed by atoms with Crippen LogP contribution in [0.4, 0.5) is 5.69 Å². The minimum atomic E-state index is -1.04. The van der Waals surface area contributed by atoms with E-state index in [0.29, 0.717) is 17.3 Å². The minimum absolute atomic E-state index is 0.139. The average Bonchev–Trinajstić information content (AvgIpc) is 2.46. The number of nitrogens with one attached hydrogen (secondary N) is 3. The molecule has 0 saturated carbocycles. The number of aliphatic carboxylic acids is 1. The zero-order chi connectivity index (χ0) is 16.5. The summed E-state index contributed by atoms with van der Waals surface area (Å²) in [6.07, 6.45) is 0.649. The Balaban J connectivity index is 2.52. The van der Waals surface area contributed by atoms with Gasteiger partial charge < -0.3 is 21.1 Å². The number of carboxylic acid groups (broad SMARTS) is 1. The number of halogens is 1. The van der Waals surface area contributed by atoms with Gasteiger partial charge in [0.1, 0.15) is 6.04 Å². The molecule has 6 nitrogen and oxygen atoms in total. The molecule has 122 valence electrons. The third-order valence-corrected chi connectivity index (χ3v) is 3.54. The molecule has 1 amide bonds. The molecule has 1 atom stereocenters. The molecule has 0 bridgehead atoms. The van der Waals surface area contributed by atoms with E-state index >= 15 is 0 Å². The fourth-order valence-electron chi connectivity index (χ4n) is 1.86. The Kier molecular flexibility index (Phi) is 7.87. The van der Waals surface area contributed by atoms with Crippen LogP contribution < -0.4 is 16.0 Å². The summed E-state index contributed by atoms with van der Waals surface area (Å²) in [5, 5.41) is 18.2. The van der Waals surface area contributed by atoms with Gasteiger partial charge in [-0.25, -0.2) is 0 Å². The van der Waals surface area contributed by atoms with E-state index in [2.05, 4.69) is 16.0 Å².